The molecule has 1 amide bonds. The van der Waals surface area contributed by atoms with E-state index < -0.39 is 0 Å². The van der Waals surface area contributed by atoms with Crippen molar-refractivity contribution >= 4 is 5.91 Å². The number of carbonyl (C=O) groups excluding carboxylic acids is 1. The van der Waals surface area contributed by atoms with Crippen LogP contribution in [0.2, 0.25) is 0 Å². The summed E-state index contributed by atoms with van der Waals surface area (Å²) in [6.45, 7) is 7.80. The Hall–Kier alpha value is -2.36. The van der Waals surface area contributed by atoms with Gasteiger partial charge in [-0.1, -0.05) is 31.2 Å². The molecule has 4 heteroatoms. The highest BCUT2D eigenvalue weighted by Crippen LogP contribution is 2.18. The van der Waals surface area contributed by atoms with Gasteiger partial charge in [-0.3, -0.25) is 4.79 Å². The number of hydrogen-bond acceptors (Lipinski definition) is 3. The standard InChI is InChI=1S/C19H24N2O2/c1-4-15-9-11-16(12-10-15)14-23-18-17(8-7-13-20-18)19(22)21(5-2)6-3/h7-13H,4-6,14H2,1-3H3. The second kappa shape index (κ2) is 8.32. The maximum absolute atomic E-state index is 12.5. The average molecular weight is 312 g/mol. The number of carbonyl (C=O) groups is 1. The van der Waals surface area contributed by atoms with Gasteiger partial charge in [-0.2, -0.15) is 0 Å². The number of pyridine rings is 1. The van der Waals surface area contributed by atoms with Gasteiger partial charge >= 0.3 is 0 Å². The molecule has 0 saturated heterocycles. The molecule has 0 aliphatic rings. The minimum Gasteiger partial charge on any atom is -0.472 e. The Morgan fingerprint density at radius 2 is 1.70 bits per heavy atom. The molecule has 2 rings (SSSR count). The Balaban J connectivity index is 2.12. The summed E-state index contributed by atoms with van der Waals surface area (Å²) in [5.74, 6) is 0.350. The van der Waals surface area contributed by atoms with Gasteiger partial charge in [0.05, 0.1) is 0 Å². The molecule has 1 heterocycles. The molecule has 0 aliphatic heterocycles. The van der Waals surface area contributed by atoms with Crippen molar-refractivity contribution in [2.45, 2.75) is 33.8 Å². The predicted octanol–water partition coefficient (Wildman–Crippen LogP) is 3.71. The summed E-state index contributed by atoms with van der Waals surface area (Å²) in [5, 5.41) is 0. The lowest BCUT2D eigenvalue weighted by Crippen LogP contribution is -2.30. The van der Waals surface area contributed by atoms with Gasteiger partial charge in [0.15, 0.2) is 0 Å². The molecule has 0 unspecified atom stereocenters. The van der Waals surface area contributed by atoms with E-state index in [1.807, 2.05) is 26.0 Å². The Labute approximate surface area is 138 Å². The first-order valence-electron chi connectivity index (χ1n) is 8.14. The molecule has 4 nitrogen and oxygen atoms in total. The summed E-state index contributed by atoms with van der Waals surface area (Å²) in [4.78, 5) is 18.5. The molecule has 23 heavy (non-hydrogen) atoms. The quantitative estimate of drug-likeness (QED) is 0.783. The van der Waals surface area contributed by atoms with E-state index >= 15 is 0 Å². The van der Waals surface area contributed by atoms with Crippen LogP contribution in [0.1, 0.15) is 42.3 Å². The van der Waals surface area contributed by atoms with Crippen LogP contribution in [-0.4, -0.2) is 28.9 Å². The van der Waals surface area contributed by atoms with Crippen LogP contribution < -0.4 is 4.74 Å². The van der Waals surface area contributed by atoms with E-state index in [1.54, 1.807) is 23.2 Å². The third-order valence-corrected chi connectivity index (χ3v) is 3.86. The molecule has 0 spiro atoms. The predicted molar refractivity (Wildman–Crippen MR) is 91.6 cm³/mol. The highest BCUT2D eigenvalue weighted by molar-refractivity contribution is 5.96. The molecular weight excluding hydrogens is 288 g/mol. The van der Waals surface area contributed by atoms with Crippen LogP contribution in [0.25, 0.3) is 0 Å². The van der Waals surface area contributed by atoms with E-state index in [2.05, 4.69) is 24.0 Å². The van der Waals surface area contributed by atoms with E-state index in [1.165, 1.54) is 5.56 Å². The molecule has 0 aliphatic carbocycles. The number of hydrogen-bond donors (Lipinski definition) is 0. The van der Waals surface area contributed by atoms with Crippen LogP contribution in [0.15, 0.2) is 42.6 Å². The molecule has 0 fully saturated rings. The van der Waals surface area contributed by atoms with Gasteiger partial charge < -0.3 is 9.64 Å². The van der Waals surface area contributed by atoms with E-state index in [0.29, 0.717) is 31.1 Å². The topological polar surface area (TPSA) is 42.4 Å². The van der Waals surface area contributed by atoms with Crippen LogP contribution >= 0.6 is 0 Å². The lowest BCUT2D eigenvalue weighted by atomic mass is 10.1. The fourth-order valence-electron chi connectivity index (χ4n) is 2.37. The van der Waals surface area contributed by atoms with Crippen molar-refractivity contribution in [1.82, 2.24) is 9.88 Å². The minimum atomic E-state index is -0.0422. The van der Waals surface area contributed by atoms with Gasteiger partial charge in [0.1, 0.15) is 12.2 Å². The molecule has 2 aromatic rings. The second-order valence-electron chi connectivity index (χ2n) is 5.29. The van der Waals surface area contributed by atoms with Crippen molar-refractivity contribution in [2.24, 2.45) is 0 Å². The van der Waals surface area contributed by atoms with Crippen LogP contribution in [0.5, 0.6) is 5.88 Å². The first-order chi connectivity index (χ1) is 11.2. The number of nitrogens with zero attached hydrogens (tertiary/aromatic N) is 2. The Morgan fingerprint density at radius 3 is 2.30 bits per heavy atom. The summed E-state index contributed by atoms with van der Waals surface area (Å²) >= 11 is 0. The Bertz CT molecular complexity index is 634. The molecule has 122 valence electrons. The summed E-state index contributed by atoms with van der Waals surface area (Å²) in [7, 11) is 0. The maximum atomic E-state index is 12.5. The first kappa shape index (κ1) is 17.0. The molecule has 0 radical (unpaired) electrons. The van der Waals surface area contributed by atoms with Crippen molar-refractivity contribution < 1.29 is 9.53 Å². The zero-order valence-corrected chi connectivity index (χ0v) is 14.1. The zero-order chi connectivity index (χ0) is 16.7. The monoisotopic (exact) mass is 312 g/mol. The highest BCUT2D eigenvalue weighted by atomic mass is 16.5. The molecule has 0 atom stereocenters. The molecule has 1 aromatic heterocycles. The van der Waals surface area contributed by atoms with Crippen LogP contribution in [0.4, 0.5) is 0 Å². The molecule has 1 aromatic carbocycles. The summed E-state index contributed by atoms with van der Waals surface area (Å²) in [5.41, 5.74) is 2.87. The average Bonchev–Trinajstić information content (AvgIpc) is 2.61. The summed E-state index contributed by atoms with van der Waals surface area (Å²) < 4.78 is 5.80. The highest BCUT2D eigenvalue weighted by Gasteiger charge is 2.18. The third kappa shape index (κ3) is 4.31. The summed E-state index contributed by atoms with van der Waals surface area (Å²) in [6.07, 6.45) is 2.67. The van der Waals surface area contributed by atoms with Gasteiger partial charge in [-0.25, -0.2) is 4.98 Å². The van der Waals surface area contributed by atoms with Crippen LogP contribution in [0.3, 0.4) is 0 Å². The van der Waals surface area contributed by atoms with Gasteiger partial charge in [-0.05, 0) is 43.5 Å². The van der Waals surface area contributed by atoms with Crippen molar-refractivity contribution in [3.63, 3.8) is 0 Å². The first-order valence-corrected chi connectivity index (χ1v) is 8.14. The largest absolute Gasteiger partial charge is 0.472 e. The van der Waals surface area contributed by atoms with Crippen molar-refractivity contribution in [2.75, 3.05) is 13.1 Å². The lowest BCUT2D eigenvalue weighted by molar-refractivity contribution is 0.0767. The van der Waals surface area contributed by atoms with Gasteiger partial charge in [0, 0.05) is 19.3 Å². The second-order valence-corrected chi connectivity index (χ2v) is 5.29. The van der Waals surface area contributed by atoms with E-state index in [9.17, 15) is 4.79 Å². The van der Waals surface area contributed by atoms with Crippen LogP contribution in [0, 0.1) is 0 Å². The zero-order valence-electron chi connectivity index (χ0n) is 14.1. The normalized spacial score (nSPS) is 10.4. The Kier molecular flexibility index (Phi) is 6.15. The Morgan fingerprint density at radius 1 is 1.04 bits per heavy atom. The van der Waals surface area contributed by atoms with Crippen molar-refractivity contribution in [3.8, 4) is 5.88 Å². The lowest BCUT2D eigenvalue weighted by Gasteiger charge is -2.19. The van der Waals surface area contributed by atoms with Gasteiger partial charge in [0.25, 0.3) is 5.91 Å². The van der Waals surface area contributed by atoms with Gasteiger partial charge in [0.2, 0.25) is 5.88 Å². The van der Waals surface area contributed by atoms with E-state index in [4.69, 9.17) is 4.74 Å². The smallest absolute Gasteiger partial charge is 0.259 e. The fraction of sp³-hybridized carbons (Fsp3) is 0.368. The number of aryl methyl sites for hydroxylation is 1. The summed E-state index contributed by atoms with van der Waals surface area (Å²) in [6, 6.07) is 11.8. The molecule has 0 saturated carbocycles. The third-order valence-electron chi connectivity index (χ3n) is 3.86. The van der Waals surface area contributed by atoms with Crippen LogP contribution in [-0.2, 0) is 13.0 Å². The fourth-order valence-corrected chi connectivity index (χ4v) is 2.37. The maximum Gasteiger partial charge on any atom is 0.259 e. The molecule has 0 N–H and O–H groups in total. The number of benzene rings is 1. The number of aromatic nitrogens is 1. The number of amides is 1. The van der Waals surface area contributed by atoms with Crippen molar-refractivity contribution in [1.29, 1.82) is 0 Å². The number of ether oxygens (including phenoxy) is 1. The number of rotatable bonds is 7. The molecular formula is C19H24N2O2. The van der Waals surface area contributed by atoms with E-state index in [-0.39, 0.29) is 5.91 Å². The van der Waals surface area contributed by atoms with E-state index in [0.717, 1.165) is 12.0 Å². The minimum absolute atomic E-state index is 0.0422. The van der Waals surface area contributed by atoms with Gasteiger partial charge in [-0.15, -0.1) is 0 Å². The SMILES string of the molecule is CCc1ccc(COc2ncccc2C(=O)N(CC)CC)cc1. The molecule has 0 bridgehead atoms. The van der Waals surface area contributed by atoms with Crippen molar-refractivity contribution in [3.05, 3.63) is 59.3 Å².